The number of thioether (sulfide) groups is 1. The number of imide groups is 1. The molecule has 1 aromatic heterocycles. The van der Waals surface area contributed by atoms with Gasteiger partial charge >= 0.3 is 0 Å². The molecule has 156 valence electrons. The lowest BCUT2D eigenvalue weighted by Gasteiger charge is -2.13. The van der Waals surface area contributed by atoms with Gasteiger partial charge in [0.1, 0.15) is 11.0 Å². The fourth-order valence-corrected chi connectivity index (χ4v) is 4.08. The summed E-state index contributed by atoms with van der Waals surface area (Å²) in [6.07, 6.45) is 1.64. The first kappa shape index (κ1) is 19.1. The molecule has 0 radical (unpaired) electrons. The molecule has 0 bridgehead atoms. The van der Waals surface area contributed by atoms with Crippen molar-refractivity contribution in [3.8, 4) is 11.5 Å². The number of carbonyl (C=O) groups excluding carboxylic acids is 3. The number of aromatic nitrogens is 3. The van der Waals surface area contributed by atoms with Gasteiger partial charge in [0.05, 0.1) is 4.91 Å². The van der Waals surface area contributed by atoms with E-state index in [0.717, 1.165) is 22.2 Å². The average Bonchev–Trinajstić information content (AvgIpc) is 3.48. The quantitative estimate of drug-likeness (QED) is 0.582. The number of fused-ring (bicyclic) bond motifs is 2. The molecule has 2 aliphatic rings. The summed E-state index contributed by atoms with van der Waals surface area (Å²) in [5.41, 5.74) is 2.38. The van der Waals surface area contributed by atoms with Crippen LogP contribution in [-0.2, 0) is 4.79 Å². The number of nitrogens with zero attached hydrogens (tertiary/aromatic N) is 3. The second-order valence-electron chi connectivity index (χ2n) is 6.73. The van der Waals surface area contributed by atoms with Crippen LogP contribution in [-0.4, -0.2) is 57.2 Å². The second-order valence-corrected chi connectivity index (χ2v) is 7.72. The van der Waals surface area contributed by atoms with E-state index in [1.807, 2.05) is 0 Å². The largest absolute Gasteiger partial charge is 0.454 e. The monoisotopic (exact) mass is 437 g/mol. The van der Waals surface area contributed by atoms with E-state index in [0.29, 0.717) is 33.0 Å². The maximum absolute atomic E-state index is 12.6. The summed E-state index contributed by atoms with van der Waals surface area (Å²) in [7, 11) is 0. The molecule has 11 heteroatoms. The number of H-pyrrole nitrogens is 1. The molecule has 31 heavy (non-hydrogen) atoms. The number of amides is 3. The minimum absolute atomic E-state index is 0.0705. The van der Waals surface area contributed by atoms with Crippen LogP contribution in [0.15, 0.2) is 41.3 Å². The third kappa shape index (κ3) is 3.70. The normalized spacial score (nSPS) is 16.5. The molecule has 0 aliphatic carbocycles. The lowest BCUT2D eigenvalue weighted by atomic mass is 10.2. The molecule has 1 saturated heterocycles. The highest BCUT2D eigenvalue weighted by Crippen LogP contribution is 2.36. The highest BCUT2D eigenvalue weighted by molar-refractivity contribution is 8.18. The Balaban J connectivity index is 1.21. The molecule has 5 rings (SSSR count). The number of hydrogen-bond donors (Lipinski definition) is 2. The van der Waals surface area contributed by atoms with Crippen LogP contribution in [0.25, 0.3) is 17.1 Å². The zero-order valence-corrected chi connectivity index (χ0v) is 16.8. The van der Waals surface area contributed by atoms with Crippen LogP contribution >= 0.6 is 11.8 Å². The molecule has 0 atom stereocenters. The number of ether oxygens (including phenoxy) is 2. The number of aromatic amines is 1. The van der Waals surface area contributed by atoms with Crippen molar-refractivity contribution >= 4 is 45.9 Å². The number of carbonyl (C=O) groups is 3. The Kier molecular flexibility index (Phi) is 4.79. The SMILES string of the molecule is O=C(NCCN1C(=O)S/C(=C/c2ccc3c(c2)OCO3)C1=O)c1ccc2n[nH]nc2c1. The molecule has 1 fully saturated rings. The zero-order chi connectivity index (χ0) is 21.4. The first-order valence-corrected chi connectivity index (χ1v) is 10.1. The Labute approximate surface area is 179 Å². The summed E-state index contributed by atoms with van der Waals surface area (Å²) in [6, 6.07) is 10.2. The van der Waals surface area contributed by atoms with Crippen molar-refractivity contribution in [3.05, 3.63) is 52.4 Å². The van der Waals surface area contributed by atoms with E-state index in [9.17, 15) is 14.4 Å². The lowest BCUT2D eigenvalue weighted by Crippen LogP contribution is -2.37. The summed E-state index contributed by atoms with van der Waals surface area (Å²) in [5.74, 6) is 0.516. The van der Waals surface area contributed by atoms with Crippen molar-refractivity contribution in [2.24, 2.45) is 0 Å². The van der Waals surface area contributed by atoms with Gasteiger partial charge in [0, 0.05) is 18.7 Å². The van der Waals surface area contributed by atoms with Crippen LogP contribution in [0, 0.1) is 0 Å². The van der Waals surface area contributed by atoms with Gasteiger partial charge in [-0.15, -0.1) is 0 Å². The summed E-state index contributed by atoms with van der Waals surface area (Å²) in [4.78, 5) is 38.7. The maximum atomic E-state index is 12.6. The first-order chi connectivity index (χ1) is 15.1. The zero-order valence-electron chi connectivity index (χ0n) is 16.0. The highest BCUT2D eigenvalue weighted by atomic mass is 32.2. The van der Waals surface area contributed by atoms with E-state index in [4.69, 9.17) is 9.47 Å². The summed E-state index contributed by atoms with van der Waals surface area (Å²) in [5, 5.41) is 12.7. The van der Waals surface area contributed by atoms with Gasteiger partial charge in [-0.05, 0) is 53.7 Å². The van der Waals surface area contributed by atoms with Gasteiger partial charge in [0.2, 0.25) is 6.79 Å². The highest BCUT2D eigenvalue weighted by Gasteiger charge is 2.34. The van der Waals surface area contributed by atoms with Gasteiger partial charge in [-0.3, -0.25) is 19.3 Å². The maximum Gasteiger partial charge on any atom is 0.293 e. The van der Waals surface area contributed by atoms with E-state index in [1.54, 1.807) is 42.5 Å². The fourth-order valence-electron chi connectivity index (χ4n) is 3.21. The molecule has 3 heterocycles. The molecule has 3 amide bonds. The van der Waals surface area contributed by atoms with Gasteiger partial charge in [0.15, 0.2) is 11.5 Å². The molecule has 3 aromatic rings. The van der Waals surface area contributed by atoms with Crippen molar-refractivity contribution < 1.29 is 23.9 Å². The standard InChI is InChI=1S/C20H15N5O5S/c26-18(12-2-3-13-14(9-12)23-24-22-13)21-5-6-25-19(27)17(31-20(25)28)8-11-1-4-15-16(7-11)30-10-29-15/h1-4,7-9H,5-6,10H2,(H,21,26)(H,22,23,24)/b17-8+. The van der Waals surface area contributed by atoms with Crippen molar-refractivity contribution in [1.29, 1.82) is 0 Å². The van der Waals surface area contributed by atoms with E-state index in [1.165, 1.54) is 0 Å². The minimum Gasteiger partial charge on any atom is -0.454 e. The Morgan fingerprint density at radius 2 is 1.97 bits per heavy atom. The molecule has 10 nitrogen and oxygen atoms in total. The minimum atomic E-state index is -0.397. The smallest absolute Gasteiger partial charge is 0.293 e. The third-order valence-corrected chi connectivity index (χ3v) is 5.67. The van der Waals surface area contributed by atoms with Crippen molar-refractivity contribution in [1.82, 2.24) is 25.6 Å². The molecular weight excluding hydrogens is 422 g/mol. The van der Waals surface area contributed by atoms with E-state index < -0.39 is 5.91 Å². The van der Waals surface area contributed by atoms with Crippen LogP contribution in [0.1, 0.15) is 15.9 Å². The van der Waals surface area contributed by atoms with Crippen LogP contribution in [0.3, 0.4) is 0 Å². The number of hydrogen-bond acceptors (Lipinski definition) is 8. The van der Waals surface area contributed by atoms with Gasteiger partial charge < -0.3 is 14.8 Å². The summed E-state index contributed by atoms with van der Waals surface area (Å²) < 4.78 is 10.6. The lowest BCUT2D eigenvalue weighted by molar-refractivity contribution is -0.122. The van der Waals surface area contributed by atoms with Gasteiger partial charge in [-0.1, -0.05) is 6.07 Å². The van der Waals surface area contributed by atoms with E-state index >= 15 is 0 Å². The first-order valence-electron chi connectivity index (χ1n) is 9.32. The number of nitrogens with one attached hydrogen (secondary N) is 2. The predicted molar refractivity (Wildman–Crippen MR) is 111 cm³/mol. The third-order valence-electron chi connectivity index (χ3n) is 4.77. The number of benzene rings is 2. The Morgan fingerprint density at radius 1 is 1.13 bits per heavy atom. The van der Waals surface area contributed by atoms with Crippen LogP contribution < -0.4 is 14.8 Å². The fraction of sp³-hybridized carbons (Fsp3) is 0.150. The molecule has 2 aromatic carbocycles. The molecular formula is C20H15N5O5S. The van der Waals surface area contributed by atoms with Crippen LogP contribution in [0.5, 0.6) is 11.5 Å². The topological polar surface area (TPSA) is 127 Å². The van der Waals surface area contributed by atoms with Crippen LogP contribution in [0.2, 0.25) is 0 Å². The van der Waals surface area contributed by atoms with Gasteiger partial charge in [-0.25, -0.2) is 0 Å². The molecule has 2 aliphatic heterocycles. The predicted octanol–water partition coefficient (Wildman–Crippen LogP) is 2.15. The number of rotatable bonds is 5. The Bertz CT molecular complexity index is 1250. The van der Waals surface area contributed by atoms with Crippen LogP contribution in [0.4, 0.5) is 4.79 Å². The van der Waals surface area contributed by atoms with Crippen molar-refractivity contribution in [2.45, 2.75) is 0 Å². The van der Waals surface area contributed by atoms with E-state index in [2.05, 4.69) is 20.7 Å². The van der Waals surface area contributed by atoms with Gasteiger partial charge in [-0.2, -0.15) is 15.4 Å². The molecule has 0 spiro atoms. The van der Waals surface area contributed by atoms with E-state index in [-0.39, 0.29) is 31.0 Å². The summed E-state index contributed by atoms with van der Waals surface area (Å²) >= 11 is 0.863. The Morgan fingerprint density at radius 3 is 2.87 bits per heavy atom. The molecule has 0 saturated carbocycles. The summed E-state index contributed by atoms with van der Waals surface area (Å²) in [6.45, 7) is 0.361. The van der Waals surface area contributed by atoms with Crippen molar-refractivity contribution in [3.63, 3.8) is 0 Å². The second kappa shape index (κ2) is 7.76. The molecule has 2 N–H and O–H groups in total. The Hall–Kier alpha value is -3.86. The average molecular weight is 437 g/mol. The molecule has 0 unspecified atom stereocenters. The van der Waals surface area contributed by atoms with Crippen molar-refractivity contribution in [2.75, 3.05) is 19.9 Å². The van der Waals surface area contributed by atoms with Gasteiger partial charge in [0.25, 0.3) is 17.1 Å².